The standard InChI is InChI=1S/C11H20N2O3S/c1-10(5-6-17(15,16)8-10)13-9(14)11(7-12)3-2-4-11/h2-8,12H2,1H3,(H,13,14). The lowest BCUT2D eigenvalue weighted by molar-refractivity contribution is -0.136. The Morgan fingerprint density at radius 2 is 2.00 bits per heavy atom. The minimum atomic E-state index is -2.99. The Kier molecular flexibility index (Phi) is 2.98. The zero-order valence-electron chi connectivity index (χ0n) is 10.2. The highest BCUT2D eigenvalue weighted by Gasteiger charge is 2.47. The fraction of sp³-hybridized carbons (Fsp3) is 0.909. The Bertz CT molecular complexity index is 422. The van der Waals surface area contributed by atoms with E-state index in [1.165, 1.54) is 0 Å². The number of carbonyl (C=O) groups excluding carboxylic acids is 1. The van der Waals surface area contributed by atoms with Gasteiger partial charge in [0.05, 0.1) is 22.5 Å². The van der Waals surface area contributed by atoms with Crippen LogP contribution in [0.4, 0.5) is 0 Å². The monoisotopic (exact) mass is 260 g/mol. The van der Waals surface area contributed by atoms with Crippen molar-refractivity contribution in [2.75, 3.05) is 18.1 Å². The molecule has 6 heteroatoms. The van der Waals surface area contributed by atoms with Crippen molar-refractivity contribution in [2.45, 2.75) is 38.1 Å². The fourth-order valence-electron chi connectivity index (χ4n) is 2.64. The number of sulfone groups is 1. The van der Waals surface area contributed by atoms with Crippen LogP contribution < -0.4 is 11.1 Å². The predicted molar refractivity (Wildman–Crippen MR) is 65.2 cm³/mol. The number of hydrogen-bond donors (Lipinski definition) is 2. The van der Waals surface area contributed by atoms with Gasteiger partial charge in [0, 0.05) is 6.54 Å². The third-order valence-corrected chi connectivity index (χ3v) is 6.00. The Morgan fingerprint density at radius 3 is 2.35 bits per heavy atom. The van der Waals surface area contributed by atoms with Gasteiger partial charge < -0.3 is 11.1 Å². The van der Waals surface area contributed by atoms with E-state index in [-0.39, 0.29) is 17.4 Å². The average Bonchev–Trinajstić information content (AvgIpc) is 2.39. The second-order valence-corrected chi connectivity index (χ2v) is 7.88. The lowest BCUT2D eigenvalue weighted by atomic mass is 9.68. The van der Waals surface area contributed by atoms with Crippen LogP contribution in [-0.4, -0.2) is 37.9 Å². The van der Waals surface area contributed by atoms with Gasteiger partial charge >= 0.3 is 0 Å². The molecule has 0 aromatic heterocycles. The topological polar surface area (TPSA) is 89.3 Å². The van der Waals surface area contributed by atoms with E-state index in [4.69, 9.17) is 5.73 Å². The normalized spacial score (nSPS) is 34.0. The molecule has 0 aromatic carbocycles. The van der Waals surface area contributed by atoms with Crippen molar-refractivity contribution in [1.82, 2.24) is 5.32 Å². The summed E-state index contributed by atoms with van der Waals surface area (Å²) in [5, 5.41) is 2.91. The van der Waals surface area contributed by atoms with E-state index < -0.39 is 20.8 Å². The third-order valence-electron chi connectivity index (χ3n) is 4.10. The van der Waals surface area contributed by atoms with Crippen LogP contribution in [0.25, 0.3) is 0 Å². The highest BCUT2D eigenvalue weighted by Crippen LogP contribution is 2.40. The Hall–Kier alpha value is -0.620. The summed E-state index contributed by atoms with van der Waals surface area (Å²) in [6, 6.07) is 0. The van der Waals surface area contributed by atoms with Gasteiger partial charge in [0.2, 0.25) is 5.91 Å². The number of nitrogens with two attached hydrogens (primary N) is 1. The van der Waals surface area contributed by atoms with E-state index in [1.807, 2.05) is 0 Å². The van der Waals surface area contributed by atoms with Crippen LogP contribution in [0.15, 0.2) is 0 Å². The van der Waals surface area contributed by atoms with Gasteiger partial charge in [-0.2, -0.15) is 0 Å². The number of rotatable bonds is 3. The van der Waals surface area contributed by atoms with Crippen molar-refractivity contribution in [3.8, 4) is 0 Å². The summed E-state index contributed by atoms with van der Waals surface area (Å²) in [7, 11) is -2.99. The zero-order valence-corrected chi connectivity index (χ0v) is 11.0. The molecule has 3 N–H and O–H groups in total. The van der Waals surface area contributed by atoms with Crippen LogP contribution in [0.5, 0.6) is 0 Å². The molecule has 0 spiro atoms. The molecule has 0 bridgehead atoms. The van der Waals surface area contributed by atoms with Crippen LogP contribution in [-0.2, 0) is 14.6 Å². The highest BCUT2D eigenvalue weighted by molar-refractivity contribution is 7.91. The molecule has 1 amide bonds. The first kappa shape index (κ1) is 12.8. The summed E-state index contributed by atoms with van der Waals surface area (Å²) in [6.07, 6.45) is 3.16. The Morgan fingerprint density at radius 1 is 1.35 bits per heavy atom. The molecule has 2 rings (SSSR count). The van der Waals surface area contributed by atoms with E-state index in [0.29, 0.717) is 13.0 Å². The maximum Gasteiger partial charge on any atom is 0.227 e. The van der Waals surface area contributed by atoms with Crippen molar-refractivity contribution in [3.05, 3.63) is 0 Å². The quantitative estimate of drug-likeness (QED) is 0.736. The Balaban J connectivity index is 2.04. The minimum Gasteiger partial charge on any atom is -0.349 e. The number of hydrogen-bond acceptors (Lipinski definition) is 4. The maximum absolute atomic E-state index is 12.2. The smallest absolute Gasteiger partial charge is 0.227 e. The highest BCUT2D eigenvalue weighted by atomic mass is 32.2. The molecule has 98 valence electrons. The van der Waals surface area contributed by atoms with Crippen LogP contribution in [0.2, 0.25) is 0 Å². The molecule has 1 aliphatic heterocycles. The predicted octanol–water partition coefficient (Wildman–Crippen LogP) is -0.191. The molecular formula is C11H20N2O3S. The molecular weight excluding hydrogens is 240 g/mol. The molecule has 1 heterocycles. The summed E-state index contributed by atoms with van der Waals surface area (Å²) in [6.45, 7) is 2.15. The molecule has 17 heavy (non-hydrogen) atoms. The van der Waals surface area contributed by atoms with E-state index in [2.05, 4.69) is 5.32 Å². The summed E-state index contributed by atoms with van der Waals surface area (Å²) in [5.41, 5.74) is 4.62. The average molecular weight is 260 g/mol. The molecule has 2 aliphatic rings. The van der Waals surface area contributed by atoms with Crippen LogP contribution in [0.3, 0.4) is 0 Å². The second-order valence-electron chi connectivity index (χ2n) is 5.69. The van der Waals surface area contributed by atoms with Crippen molar-refractivity contribution in [1.29, 1.82) is 0 Å². The van der Waals surface area contributed by atoms with Crippen LogP contribution in [0, 0.1) is 5.41 Å². The van der Waals surface area contributed by atoms with Gasteiger partial charge in [-0.05, 0) is 26.2 Å². The first-order chi connectivity index (χ1) is 7.81. The van der Waals surface area contributed by atoms with Gasteiger partial charge in [0.25, 0.3) is 0 Å². The summed E-state index contributed by atoms with van der Waals surface area (Å²) in [5.74, 6) is 0.150. The van der Waals surface area contributed by atoms with Gasteiger partial charge in [0.1, 0.15) is 0 Å². The van der Waals surface area contributed by atoms with E-state index in [0.717, 1.165) is 19.3 Å². The molecule has 2 fully saturated rings. The molecule has 5 nitrogen and oxygen atoms in total. The molecule has 1 saturated carbocycles. The molecule has 1 unspecified atom stereocenters. The van der Waals surface area contributed by atoms with Gasteiger partial charge in [-0.15, -0.1) is 0 Å². The lowest BCUT2D eigenvalue weighted by Gasteiger charge is -2.41. The summed E-state index contributed by atoms with van der Waals surface area (Å²) in [4.78, 5) is 12.2. The molecule has 1 aliphatic carbocycles. The lowest BCUT2D eigenvalue weighted by Crippen LogP contribution is -2.57. The van der Waals surface area contributed by atoms with E-state index in [9.17, 15) is 13.2 Å². The SMILES string of the molecule is CC1(NC(=O)C2(CN)CCC2)CCS(=O)(=O)C1. The van der Waals surface area contributed by atoms with Crippen molar-refractivity contribution in [3.63, 3.8) is 0 Å². The van der Waals surface area contributed by atoms with Crippen molar-refractivity contribution < 1.29 is 13.2 Å². The third kappa shape index (κ3) is 2.33. The summed E-state index contributed by atoms with van der Waals surface area (Å²) >= 11 is 0. The first-order valence-electron chi connectivity index (χ1n) is 6.04. The van der Waals surface area contributed by atoms with E-state index >= 15 is 0 Å². The Labute approximate surface area is 102 Å². The number of nitrogens with one attached hydrogen (secondary N) is 1. The number of amides is 1. The van der Waals surface area contributed by atoms with Gasteiger partial charge in [-0.3, -0.25) is 4.79 Å². The van der Waals surface area contributed by atoms with Crippen molar-refractivity contribution in [2.24, 2.45) is 11.1 Å². The molecule has 0 radical (unpaired) electrons. The largest absolute Gasteiger partial charge is 0.349 e. The van der Waals surface area contributed by atoms with Crippen LogP contribution in [0.1, 0.15) is 32.6 Å². The van der Waals surface area contributed by atoms with Crippen LogP contribution >= 0.6 is 0 Å². The van der Waals surface area contributed by atoms with Gasteiger partial charge in [-0.25, -0.2) is 8.42 Å². The van der Waals surface area contributed by atoms with Crippen molar-refractivity contribution >= 4 is 15.7 Å². The molecule has 1 saturated heterocycles. The number of carbonyl (C=O) groups is 1. The summed E-state index contributed by atoms with van der Waals surface area (Å²) < 4.78 is 22.9. The molecule has 1 atom stereocenters. The molecule has 0 aromatic rings. The second kappa shape index (κ2) is 3.95. The van der Waals surface area contributed by atoms with E-state index in [1.54, 1.807) is 6.92 Å². The fourth-order valence-corrected chi connectivity index (χ4v) is 4.74. The van der Waals surface area contributed by atoms with Gasteiger partial charge in [-0.1, -0.05) is 6.42 Å². The first-order valence-corrected chi connectivity index (χ1v) is 7.86. The maximum atomic E-state index is 12.2. The minimum absolute atomic E-state index is 0.0480. The van der Waals surface area contributed by atoms with Gasteiger partial charge in [0.15, 0.2) is 9.84 Å². The zero-order chi connectivity index (χ0) is 12.7.